The summed E-state index contributed by atoms with van der Waals surface area (Å²) in [6, 6.07) is -4.00. The average Bonchev–Trinajstić information content (AvgIpc) is 3.27. The SMILES string of the molecule is NC[C@@H]1O[C@H](O[C@H]2[C@@H](O)[C@H](O[C@@H]3[C@@H](O)[C@H](N)C[C@H](N)[C@H]3O[C@H]3O[C@H]([C@@H](N)CO)CC[C@H]3N)O[C@@H]2CO)[C@H](N)[C@@H](O)[C@@H]1O. The summed E-state index contributed by atoms with van der Waals surface area (Å²) in [7, 11) is 0. The monoisotopic (exact) mass is 612 g/mol. The van der Waals surface area contributed by atoms with E-state index in [9.17, 15) is 30.6 Å². The van der Waals surface area contributed by atoms with Crippen LogP contribution in [0.25, 0.3) is 0 Å². The van der Waals surface area contributed by atoms with Crippen LogP contribution in [-0.4, -0.2) is 161 Å². The van der Waals surface area contributed by atoms with Crippen molar-refractivity contribution in [3.63, 3.8) is 0 Å². The van der Waals surface area contributed by atoms with Gasteiger partial charge in [-0.3, -0.25) is 0 Å². The normalized spacial score (nSPS) is 51.0. The first-order valence-corrected chi connectivity index (χ1v) is 14.3. The second-order valence-electron chi connectivity index (χ2n) is 11.5. The van der Waals surface area contributed by atoms with Gasteiger partial charge in [0.2, 0.25) is 0 Å². The lowest BCUT2D eigenvalue weighted by Crippen LogP contribution is -2.65. The summed E-state index contributed by atoms with van der Waals surface area (Å²) in [6.45, 7) is -1.06. The van der Waals surface area contributed by atoms with E-state index in [1.54, 1.807) is 0 Å². The number of hydrogen-bond acceptors (Lipinski definition) is 18. The fourth-order valence-electron chi connectivity index (χ4n) is 5.87. The van der Waals surface area contributed by atoms with Gasteiger partial charge in [0, 0.05) is 18.6 Å². The maximum atomic E-state index is 11.1. The van der Waals surface area contributed by atoms with Gasteiger partial charge in [-0.1, -0.05) is 0 Å². The lowest BCUT2D eigenvalue weighted by Gasteiger charge is -2.46. The van der Waals surface area contributed by atoms with Crippen molar-refractivity contribution in [1.29, 1.82) is 0 Å². The second-order valence-corrected chi connectivity index (χ2v) is 11.5. The van der Waals surface area contributed by atoms with E-state index in [-0.39, 0.29) is 19.6 Å². The molecular weight excluding hydrogens is 564 g/mol. The highest BCUT2D eigenvalue weighted by Crippen LogP contribution is 2.34. The summed E-state index contributed by atoms with van der Waals surface area (Å²) in [5.41, 5.74) is 36.3. The lowest BCUT2D eigenvalue weighted by molar-refractivity contribution is -0.290. The Bertz CT molecular complexity index is 854. The first kappa shape index (κ1) is 34.2. The first-order valence-electron chi connectivity index (χ1n) is 14.3. The Morgan fingerprint density at radius 3 is 1.95 bits per heavy atom. The summed E-state index contributed by atoms with van der Waals surface area (Å²) in [5, 5.41) is 62.0. The van der Waals surface area contributed by atoms with Crippen LogP contribution in [0.5, 0.6) is 0 Å². The quantitative estimate of drug-likeness (QED) is 0.109. The van der Waals surface area contributed by atoms with Crippen LogP contribution in [0.15, 0.2) is 0 Å². The Balaban J connectivity index is 1.48. The van der Waals surface area contributed by atoms with Crippen molar-refractivity contribution in [2.75, 3.05) is 19.8 Å². The van der Waals surface area contributed by atoms with Gasteiger partial charge in [0.15, 0.2) is 18.9 Å². The lowest BCUT2D eigenvalue weighted by atomic mass is 9.84. The number of rotatable bonds is 10. The zero-order chi connectivity index (χ0) is 30.9. The highest BCUT2D eigenvalue weighted by Gasteiger charge is 2.53. The topological polar surface area (TPSA) is 333 Å². The van der Waals surface area contributed by atoms with Gasteiger partial charge in [-0.2, -0.15) is 0 Å². The molecule has 0 aromatic heterocycles. The molecule has 0 bridgehead atoms. The summed E-state index contributed by atoms with van der Waals surface area (Å²) in [6.07, 6.45) is -14.5. The standard InChI is InChI=1S/C24H48N6O12/c25-4-12-16(34)17(35)14(30)23(38-12)41-20-13(6-32)39-24(18(20)36)42-21-15(33)8(27)3-9(28)19(21)40-22-7(26)1-2-11(37-22)10(29)5-31/h7-24,31-36H,1-6,25-30H2/t7-,8-,9+,10+,11+,12+,13-,14-,15+,16-,17-,18-,19-,20-,21-,22-,23-,24+/m1/s1. The molecule has 42 heavy (non-hydrogen) atoms. The van der Waals surface area contributed by atoms with Crippen molar-refractivity contribution in [3.05, 3.63) is 0 Å². The first-order chi connectivity index (χ1) is 19.9. The molecule has 3 saturated heterocycles. The average molecular weight is 613 g/mol. The number of ether oxygens (including phenoxy) is 6. The summed E-state index contributed by atoms with van der Waals surface area (Å²) < 4.78 is 35.2. The minimum atomic E-state index is -1.55. The number of aliphatic hydroxyl groups excluding tert-OH is 6. The number of aliphatic hydroxyl groups is 6. The van der Waals surface area contributed by atoms with Crippen molar-refractivity contribution in [2.24, 2.45) is 34.4 Å². The molecule has 0 amide bonds. The van der Waals surface area contributed by atoms with E-state index in [0.717, 1.165) is 0 Å². The molecule has 3 heterocycles. The number of nitrogens with two attached hydrogens (primary N) is 6. The third-order valence-electron chi connectivity index (χ3n) is 8.52. The third-order valence-corrected chi connectivity index (χ3v) is 8.52. The van der Waals surface area contributed by atoms with Gasteiger partial charge in [-0.05, 0) is 19.3 Å². The Labute approximate surface area is 243 Å². The van der Waals surface area contributed by atoms with E-state index < -0.39 is 117 Å². The molecule has 4 rings (SSSR count). The fraction of sp³-hybridized carbons (Fsp3) is 1.00. The molecule has 0 aromatic carbocycles. The van der Waals surface area contributed by atoms with E-state index in [4.69, 9.17) is 62.8 Å². The Kier molecular flexibility index (Phi) is 11.9. The van der Waals surface area contributed by atoms with Crippen molar-refractivity contribution >= 4 is 0 Å². The van der Waals surface area contributed by atoms with E-state index >= 15 is 0 Å². The summed E-state index contributed by atoms with van der Waals surface area (Å²) in [4.78, 5) is 0. The maximum absolute atomic E-state index is 11.1. The molecule has 1 aliphatic carbocycles. The minimum Gasteiger partial charge on any atom is -0.395 e. The Hall–Kier alpha value is -0.720. The zero-order valence-corrected chi connectivity index (χ0v) is 23.2. The Morgan fingerprint density at radius 2 is 1.31 bits per heavy atom. The molecule has 246 valence electrons. The smallest absolute Gasteiger partial charge is 0.187 e. The molecule has 0 unspecified atom stereocenters. The Morgan fingerprint density at radius 1 is 0.667 bits per heavy atom. The van der Waals surface area contributed by atoms with Crippen molar-refractivity contribution in [2.45, 2.75) is 129 Å². The van der Waals surface area contributed by atoms with Crippen LogP contribution >= 0.6 is 0 Å². The largest absolute Gasteiger partial charge is 0.395 e. The van der Waals surface area contributed by atoms with Crippen LogP contribution in [0.1, 0.15) is 19.3 Å². The molecule has 18 atom stereocenters. The molecule has 4 fully saturated rings. The van der Waals surface area contributed by atoms with Gasteiger partial charge < -0.3 is 93.5 Å². The second kappa shape index (κ2) is 14.6. The molecule has 18 N–H and O–H groups in total. The minimum absolute atomic E-state index is 0.147. The molecule has 3 aliphatic heterocycles. The van der Waals surface area contributed by atoms with Crippen LogP contribution in [0.4, 0.5) is 0 Å². The third kappa shape index (κ3) is 7.06. The maximum Gasteiger partial charge on any atom is 0.187 e. The van der Waals surface area contributed by atoms with Crippen molar-refractivity contribution < 1.29 is 59.1 Å². The van der Waals surface area contributed by atoms with Gasteiger partial charge in [0.1, 0.15) is 48.8 Å². The van der Waals surface area contributed by atoms with Gasteiger partial charge >= 0.3 is 0 Å². The molecule has 0 radical (unpaired) electrons. The van der Waals surface area contributed by atoms with E-state index in [0.29, 0.717) is 12.8 Å². The highest BCUT2D eigenvalue weighted by atomic mass is 16.8. The fourth-order valence-corrected chi connectivity index (χ4v) is 5.87. The molecule has 4 aliphatic rings. The van der Waals surface area contributed by atoms with Gasteiger partial charge in [0.05, 0.1) is 43.5 Å². The molecule has 1 saturated carbocycles. The van der Waals surface area contributed by atoms with Gasteiger partial charge in [-0.15, -0.1) is 0 Å². The van der Waals surface area contributed by atoms with Crippen LogP contribution in [0, 0.1) is 0 Å². The van der Waals surface area contributed by atoms with Gasteiger partial charge in [0.25, 0.3) is 0 Å². The van der Waals surface area contributed by atoms with Crippen LogP contribution in [0.2, 0.25) is 0 Å². The van der Waals surface area contributed by atoms with E-state index in [1.807, 2.05) is 0 Å². The van der Waals surface area contributed by atoms with Crippen molar-refractivity contribution in [3.8, 4) is 0 Å². The molecule has 0 aromatic rings. The van der Waals surface area contributed by atoms with E-state index in [1.165, 1.54) is 0 Å². The van der Waals surface area contributed by atoms with Crippen LogP contribution in [-0.2, 0) is 28.4 Å². The molecule has 0 spiro atoms. The zero-order valence-electron chi connectivity index (χ0n) is 23.2. The molecular formula is C24H48N6O12. The van der Waals surface area contributed by atoms with E-state index in [2.05, 4.69) is 0 Å². The predicted octanol–water partition coefficient (Wildman–Crippen LogP) is -7.48. The van der Waals surface area contributed by atoms with Crippen LogP contribution in [0.3, 0.4) is 0 Å². The highest BCUT2D eigenvalue weighted by molar-refractivity contribution is 5.01. The van der Waals surface area contributed by atoms with Crippen LogP contribution < -0.4 is 34.4 Å². The molecule has 18 nitrogen and oxygen atoms in total. The predicted molar refractivity (Wildman–Crippen MR) is 142 cm³/mol. The van der Waals surface area contributed by atoms with Crippen molar-refractivity contribution in [1.82, 2.24) is 0 Å². The van der Waals surface area contributed by atoms with Gasteiger partial charge in [-0.25, -0.2) is 0 Å². The summed E-state index contributed by atoms with van der Waals surface area (Å²) in [5.74, 6) is 0. The summed E-state index contributed by atoms with van der Waals surface area (Å²) >= 11 is 0. The number of hydrogen-bond donors (Lipinski definition) is 12. The molecule has 18 heteroatoms.